The summed E-state index contributed by atoms with van der Waals surface area (Å²) in [5.41, 5.74) is 10.8. The lowest BCUT2D eigenvalue weighted by Crippen LogP contribution is -2.10. The molecule has 11 rings (SSSR count). The van der Waals surface area contributed by atoms with Crippen LogP contribution in [0.4, 0.5) is 17.1 Å². The second-order valence-electron chi connectivity index (χ2n) is 14.1. The first-order valence-electron chi connectivity index (χ1n) is 18.7. The van der Waals surface area contributed by atoms with Crippen LogP contribution >= 0.6 is 22.7 Å². The van der Waals surface area contributed by atoms with E-state index in [9.17, 15) is 0 Å². The Kier molecular flexibility index (Phi) is 7.61. The van der Waals surface area contributed by atoms with Crippen LogP contribution in [0.5, 0.6) is 0 Å². The van der Waals surface area contributed by atoms with Crippen molar-refractivity contribution in [1.82, 2.24) is 0 Å². The van der Waals surface area contributed by atoms with E-state index in [1.54, 1.807) is 0 Å². The number of anilines is 3. The van der Waals surface area contributed by atoms with Crippen molar-refractivity contribution in [1.29, 1.82) is 0 Å². The molecule has 1 nitrogen and oxygen atoms in total. The van der Waals surface area contributed by atoms with Gasteiger partial charge >= 0.3 is 0 Å². The fraction of sp³-hybridized carbons (Fsp3) is 0. The Morgan fingerprint density at radius 1 is 0.327 bits per heavy atom. The molecule has 0 saturated heterocycles. The molecule has 0 atom stereocenters. The fourth-order valence-electron chi connectivity index (χ4n) is 8.16. The molecule has 3 heteroatoms. The maximum Gasteiger partial charge on any atom is 0.0640 e. The van der Waals surface area contributed by atoms with E-state index in [1.807, 2.05) is 22.7 Å². The summed E-state index contributed by atoms with van der Waals surface area (Å²) in [5.74, 6) is 0. The maximum absolute atomic E-state index is 2.44. The largest absolute Gasteiger partial charge is 0.309 e. The van der Waals surface area contributed by atoms with E-state index in [0.717, 1.165) is 11.4 Å². The van der Waals surface area contributed by atoms with Crippen LogP contribution in [0.25, 0.3) is 84.5 Å². The standard InChI is InChI=1S/C52H33NS2/c1-2-11-37(12-3-1)43-30-31-47(52-51(43)46-15-7-9-17-49(46)55-52)53(41-25-20-35(21-26-41)39-19-18-34-10-4-5-13-38(34)32-39)42-27-22-36(23-28-42)40-24-29-45-44-14-6-8-16-48(44)54-50(45)33-40/h1-33H. The second-order valence-corrected chi connectivity index (χ2v) is 16.2. The Morgan fingerprint density at radius 3 is 1.64 bits per heavy atom. The van der Waals surface area contributed by atoms with Crippen molar-refractivity contribution in [2.75, 3.05) is 4.90 Å². The zero-order valence-electron chi connectivity index (χ0n) is 29.8. The molecule has 0 unspecified atom stereocenters. The van der Waals surface area contributed by atoms with E-state index < -0.39 is 0 Å². The molecule has 0 aliphatic rings. The number of benzene rings is 9. The average molecular weight is 736 g/mol. The van der Waals surface area contributed by atoms with Gasteiger partial charge in [-0.15, -0.1) is 22.7 Å². The van der Waals surface area contributed by atoms with Crippen molar-refractivity contribution in [3.63, 3.8) is 0 Å². The molecule has 0 saturated carbocycles. The van der Waals surface area contributed by atoms with Gasteiger partial charge in [0, 0.05) is 47.0 Å². The highest BCUT2D eigenvalue weighted by atomic mass is 32.1. The molecule has 0 fully saturated rings. The smallest absolute Gasteiger partial charge is 0.0640 e. The van der Waals surface area contributed by atoms with Crippen LogP contribution in [0.2, 0.25) is 0 Å². The van der Waals surface area contributed by atoms with E-state index in [2.05, 4.69) is 205 Å². The van der Waals surface area contributed by atoms with Crippen LogP contribution in [0, 0.1) is 0 Å². The van der Waals surface area contributed by atoms with E-state index in [0.29, 0.717) is 0 Å². The number of hydrogen-bond donors (Lipinski definition) is 0. The van der Waals surface area contributed by atoms with Crippen LogP contribution < -0.4 is 4.90 Å². The molecule has 2 aromatic heterocycles. The van der Waals surface area contributed by atoms with Crippen LogP contribution in [0.15, 0.2) is 200 Å². The Labute approximate surface area is 327 Å². The topological polar surface area (TPSA) is 3.24 Å². The Hall–Kier alpha value is -6.52. The van der Waals surface area contributed by atoms with Gasteiger partial charge in [0.25, 0.3) is 0 Å². The van der Waals surface area contributed by atoms with Crippen LogP contribution in [-0.2, 0) is 0 Å². The Morgan fingerprint density at radius 2 is 0.891 bits per heavy atom. The van der Waals surface area contributed by atoms with Gasteiger partial charge in [0.05, 0.1) is 10.4 Å². The van der Waals surface area contributed by atoms with Gasteiger partial charge in [0.15, 0.2) is 0 Å². The molecule has 2 heterocycles. The summed E-state index contributed by atoms with van der Waals surface area (Å²) in [7, 11) is 0. The number of nitrogens with zero attached hydrogens (tertiary/aromatic N) is 1. The summed E-state index contributed by atoms with van der Waals surface area (Å²) in [5, 5.41) is 7.76. The number of hydrogen-bond acceptors (Lipinski definition) is 3. The SMILES string of the molecule is c1ccc(-c2ccc(N(c3ccc(-c4ccc5ccccc5c4)cc3)c3ccc(-c4ccc5c(c4)sc4ccccc45)cc3)c3sc4ccccc4c23)cc1. The van der Waals surface area contributed by atoms with Crippen molar-refractivity contribution < 1.29 is 0 Å². The van der Waals surface area contributed by atoms with Gasteiger partial charge in [-0.25, -0.2) is 0 Å². The molecular formula is C52H33NS2. The Balaban J connectivity index is 1.06. The summed E-state index contributed by atoms with van der Waals surface area (Å²) in [6.45, 7) is 0. The molecule has 258 valence electrons. The first-order chi connectivity index (χ1) is 27.2. The minimum Gasteiger partial charge on any atom is -0.309 e. The van der Waals surface area contributed by atoms with Crippen molar-refractivity contribution >= 4 is 90.9 Å². The zero-order chi connectivity index (χ0) is 36.3. The molecular weight excluding hydrogens is 703 g/mol. The molecule has 0 amide bonds. The van der Waals surface area contributed by atoms with Crippen molar-refractivity contribution in [3.8, 4) is 33.4 Å². The summed E-state index contributed by atoms with van der Waals surface area (Å²) in [6, 6.07) is 73.4. The second kappa shape index (κ2) is 13.1. The number of fused-ring (bicyclic) bond motifs is 7. The van der Waals surface area contributed by atoms with Gasteiger partial charge < -0.3 is 4.90 Å². The van der Waals surface area contributed by atoms with Crippen molar-refractivity contribution in [2.45, 2.75) is 0 Å². The van der Waals surface area contributed by atoms with Gasteiger partial charge in [-0.05, 0) is 98.8 Å². The molecule has 9 aromatic carbocycles. The predicted octanol–water partition coefficient (Wildman–Crippen LogP) is 16.0. The van der Waals surface area contributed by atoms with Crippen LogP contribution in [0.3, 0.4) is 0 Å². The third-order valence-corrected chi connectivity index (χ3v) is 13.2. The van der Waals surface area contributed by atoms with Gasteiger partial charge in [-0.3, -0.25) is 0 Å². The van der Waals surface area contributed by atoms with Gasteiger partial charge in [-0.1, -0.05) is 146 Å². The Bertz CT molecular complexity index is 3190. The average Bonchev–Trinajstić information content (AvgIpc) is 3.83. The normalized spacial score (nSPS) is 11.6. The lowest BCUT2D eigenvalue weighted by atomic mass is 9.98. The van der Waals surface area contributed by atoms with E-state index in [4.69, 9.17) is 0 Å². The molecule has 0 N–H and O–H groups in total. The molecule has 0 bridgehead atoms. The summed E-state index contributed by atoms with van der Waals surface area (Å²) < 4.78 is 5.22. The van der Waals surface area contributed by atoms with Crippen molar-refractivity contribution in [2.24, 2.45) is 0 Å². The fourth-order valence-corrected chi connectivity index (χ4v) is 10.5. The predicted molar refractivity (Wildman–Crippen MR) is 241 cm³/mol. The van der Waals surface area contributed by atoms with Gasteiger partial charge in [0.2, 0.25) is 0 Å². The molecule has 11 aromatic rings. The molecule has 0 aliphatic carbocycles. The third kappa shape index (κ3) is 5.51. The van der Waals surface area contributed by atoms with E-state index in [1.165, 1.54) is 90.2 Å². The van der Waals surface area contributed by atoms with Gasteiger partial charge in [-0.2, -0.15) is 0 Å². The molecule has 0 spiro atoms. The highest BCUT2D eigenvalue weighted by Crippen LogP contribution is 2.48. The number of rotatable bonds is 6. The number of thiophene rings is 2. The minimum atomic E-state index is 1.12. The molecule has 0 aliphatic heterocycles. The maximum atomic E-state index is 2.44. The van der Waals surface area contributed by atoms with Crippen molar-refractivity contribution in [3.05, 3.63) is 200 Å². The van der Waals surface area contributed by atoms with E-state index in [-0.39, 0.29) is 0 Å². The highest BCUT2D eigenvalue weighted by Gasteiger charge is 2.21. The lowest BCUT2D eigenvalue weighted by Gasteiger charge is -2.27. The quantitative estimate of drug-likeness (QED) is 0.164. The zero-order valence-corrected chi connectivity index (χ0v) is 31.4. The first-order valence-corrected chi connectivity index (χ1v) is 20.3. The lowest BCUT2D eigenvalue weighted by molar-refractivity contribution is 1.30. The third-order valence-electron chi connectivity index (χ3n) is 10.9. The van der Waals surface area contributed by atoms with E-state index >= 15 is 0 Å². The van der Waals surface area contributed by atoms with Crippen LogP contribution in [-0.4, -0.2) is 0 Å². The summed E-state index contributed by atoms with van der Waals surface area (Å²) in [4.78, 5) is 2.44. The highest BCUT2D eigenvalue weighted by molar-refractivity contribution is 7.26. The monoisotopic (exact) mass is 735 g/mol. The van der Waals surface area contributed by atoms with Crippen LogP contribution in [0.1, 0.15) is 0 Å². The molecule has 0 radical (unpaired) electrons. The minimum absolute atomic E-state index is 1.12. The summed E-state index contributed by atoms with van der Waals surface area (Å²) in [6.07, 6.45) is 0. The van der Waals surface area contributed by atoms with Gasteiger partial charge in [0.1, 0.15) is 0 Å². The first kappa shape index (κ1) is 32.0. The summed E-state index contributed by atoms with van der Waals surface area (Å²) >= 11 is 3.75. The molecule has 55 heavy (non-hydrogen) atoms.